The molecule has 0 saturated carbocycles. The molecule has 1 aromatic rings. The maximum Gasteiger partial charge on any atom is 0.153 e. The molecule has 0 nitrogen and oxygen atoms in total. The van der Waals surface area contributed by atoms with Gasteiger partial charge in [0.05, 0.1) is 0 Å². The average Bonchev–Trinajstić information content (AvgIpc) is 2.24. The van der Waals surface area contributed by atoms with E-state index in [0.29, 0.717) is 0 Å². The van der Waals surface area contributed by atoms with Crippen LogP contribution in [0.15, 0.2) is 66.6 Å². The van der Waals surface area contributed by atoms with Crippen LogP contribution < -0.4 is 0 Å². The van der Waals surface area contributed by atoms with E-state index >= 15 is 0 Å². The summed E-state index contributed by atoms with van der Waals surface area (Å²) in [5.74, 6) is 0. The summed E-state index contributed by atoms with van der Waals surface area (Å²) in [6.45, 7) is 12.8. The smallest absolute Gasteiger partial charge is 0.103 e. The number of hydrogen-bond donors (Lipinski definition) is 0. The standard InChI is InChI=1S/C7H8S.C7H10/c1-6-4-2-3-5-7(6)8;1-4-6-7(3)5-2/h2-5,8H,1H3;4-5H,1-3,6H2/p+1. The fraction of sp³-hybridized carbons (Fsp3) is 0.143. The first-order valence-electron chi connectivity index (χ1n) is 4.80. The zero-order chi connectivity index (χ0) is 11.7. The summed E-state index contributed by atoms with van der Waals surface area (Å²) in [6.07, 6.45) is 4.40. The van der Waals surface area contributed by atoms with Crippen molar-refractivity contribution in [2.75, 3.05) is 0 Å². The van der Waals surface area contributed by atoms with E-state index in [1.807, 2.05) is 24.3 Å². The fourth-order valence-corrected chi connectivity index (χ4v) is 1.02. The van der Waals surface area contributed by atoms with Gasteiger partial charge in [0.25, 0.3) is 0 Å². The Hall–Kier alpha value is -1.21. The Morgan fingerprint density at radius 1 is 1.33 bits per heavy atom. The Balaban J connectivity index is 0.000000265. The molecule has 0 radical (unpaired) electrons. The molecule has 0 unspecified atom stereocenters. The maximum absolute atomic E-state index is 3.67. The van der Waals surface area contributed by atoms with Gasteiger partial charge >= 0.3 is 0 Å². The van der Waals surface area contributed by atoms with Crippen LogP contribution in [-0.4, -0.2) is 0 Å². The van der Waals surface area contributed by atoms with Gasteiger partial charge in [0, 0.05) is 5.56 Å². The number of rotatable bonds is 3. The summed E-state index contributed by atoms with van der Waals surface area (Å²) in [6, 6.07) is 8.14. The molecule has 0 spiro atoms. The van der Waals surface area contributed by atoms with Crippen molar-refractivity contribution in [3.05, 3.63) is 67.3 Å². The Bertz CT molecular complexity index is 316. The van der Waals surface area contributed by atoms with Crippen molar-refractivity contribution >= 4 is 12.6 Å². The van der Waals surface area contributed by atoms with Crippen molar-refractivity contribution in [1.29, 1.82) is 0 Å². The quantitative estimate of drug-likeness (QED) is 0.413. The van der Waals surface area contributed by atoms with Crippen LogP contribution in [0.2, 0.25) is 0 Å². The van der Waals surface area contributed by atoms with Gasteiger partial charge in [-0.25, -0.2) is 0 Å². The maximum atomic E-state index is 3.67. The Morgan fingerprint density at radius 3 is 2.20 bits per heavy atom. The zero-order valence-electron chi connectivity index (χ0n) is 9.29. The SMILES string of the molecule is C=CCC(=C)C=C.Cc1ccccc1[SH2+]. The highest BCUT2D eigenvalue weighted by molar-refractivity contribution is 7.58. The van der Waals surface area contributed by atoms with Crippen molar-refractivity contribution in [2.45, 2.75) is 18.2 Å². The third-order valence-corrected chi connectivity index (χ3v) is 2.40. The first kappa shape index (κ1) is 13.8. The van der Waals surface area contributed by atoms with E-state index in [9.17, 15) is 0 Å². The lowest BCUT2D eigenvalue weighted by atomic mass is 10.2. The molecule has 1 heteroatoms. The fourth-order valence-electron chi connectivity index (χ4n) is 0.842. The van der Waals surface area contributed by atoms with Crippen LogP contribution in [0.25, 0.3) is 0 Å². The van der Waals surface area contributed by atoms with Crippen LogP contribution in [0.1, 0.15) is 12.0 Å². The molecule has 80 valence electrons. The lowest BCUT2D eigenvalue weighted by Crippen LogP contribution is -1.74. The minimum absolute atomic E-state index is 0.851. The number of hydrogen-bond acceptors (Lipinski definition) is 0. The molecule has 1 aromatic carbocycles. The van der Waals surface area contributed by atoms with Gasteiger partial charge in [-0.3, -0.25) is 0 Å². The van der Waals surface area contributed by atoms with Crippen LogP contribution in [0.4, 0.5) is 0 Å². The predicted octanol–water partition coefficient (Wildman–Crippen LogP) is 3.67. The third kappa shape index (κ3) is 6.81. The van der Waals surface area contributed by atoms with E-state index in [4.69, 9.17) is 0 Å². The van der Waals surface area contributed by atoms with Crippen molar-refractivity contribution < 1.29 is 0 Å². The minimum Gasteiger partial charge on any atom is -0.103 e. The van der Waals surface area contributed by atoms with Gasteiger partial charge in [-0.1, -0.05) is 49.1 Å². The normalized spacial score (nSPS) is 8.40. The molecule has 0 N–H and O–H groups in total. The van der Waals surface area contributed by atoms with Crippen molar-refractivity contribution in [2.24, 2.45) is 0 Å². The molecule has 0 bridgehead atoms. The lowest BCUT2D eigenvalue weighted by molar-refractivity contribution is 1.31. The van der Waals surface area contributed by atoms with Crippen LogP contribution >= 0.6 is 0 Å². The minimum atomic E-state index is 0.851. The lowest BCUT2D eigenvalue weighted by Gasteiger charge is -1.86. The van der Waals surface area contributed by atoms with E-state index in [1.165, 1.54) is 10.5 Å². The molecule has 0 saturated heterocycles. The number of aryl methyl sites for hydroxylation is 1. The van der Waals surface area contributed by atoms with E-state index in [1.54, 1.807) is 6.08 Å². The first-order valence-corrected chi connectivity index (χ1v) is 5.30. The molecule has 0 aliphatic carbocycles. The van der Waals surface area contributed by atoms with Gasteiger partial charge in [0.2, 0.25) is 0 Å². The first-order chi connectivity index (χ1) is 7.11. The second kappa shape index (κ2) is 8.13. The van der Waals surface area contributed by atoms with Crippen LogP contribution in [0.5, 0.6) is 0 Å². The van der Waals surface area contributed by atoms with Crippen LogP contribution in [0, 0.1) is 6.92 Å². The Morgan fingerprint density at radius 2 is 1.93 bits per heavy atom. The van der Waals surface area contributed by atoms with Gasteiger partial charge in [-0.05, 0) is 32.0 Å². The van der Waals surface area contributed by atoms with Gasteiger partial charge in [-0.15, -0.1) is 6.58 Å². The van der Waals surface area contributed by atoms with E-state index in [2.05, 4.69) is 45.4 Å². The van der Waals surface area contributed by atoms with Crippen molar-refractivity contribution in [3.63, 3.8) is 0 Å². The van der Waals surface area contributed by atoms with Crippen molar-refractivity contribution in [3.8, 4) is 0 Å². The summed E-state index contributed by atoms with van der Waals surface area (Å²) in [4.78, 5) is 1.17. The molecule has 0 amide bonds. The molecular weight excluding hydrogens is 200 g/mol. The number of benzene rings is 1. The highest BCUT2D eigenvalue weighted by atomic mass is 32.1. The van der Waals surface area contributed by atoms with Crippen LogP contribution in [-0.2, 0) is 12.6 Å². The van der Waals surface area contributed by atoms with Crippen LogP contribution in [0.3, 0.4) is 0 Å². The highest BCUT2D eigenvalue weighted by Gasteiger charge is 1.91. The summed E-state index contributed by atoms with van der Waals surface area (Å²) >= 11 is 3.44. The Kier molecular flexibility index (Phi) is 7.47. The molecule has 0 heterocycles. The molecular formula is C14H19S+. The third-order valence-electron chi connectivity index (χ3n) is 1.84. The second-order valence-electron chi connectivity index (χ2n) is 3.17. The highest BCUT2D eigenvalue weighted by Crippen LogP contribution is 2.03. The number of allylic oxidation sites excluding steroid dienone is 3. The van der Waals surface area contributed by atoms with Crippen molar-refractivity contribution in [1.82, 2.24) is 0 Å². The molecule has 0 aliphatic rings. The molecule has 15 heavy (non-hydrogen) atoms. The predicted molar refractivity (Wildman–Crippen MR) is 73.8 cm³/mol. The van der Waals surface area contributed by atoms with Gasteiger partial charge < -0.3 is 0 Å². The van der Waals surface area contributed by atoms with Gasteiger partial charge in [-0.2, -0.15) is 0 Å². The van der Waals surface area contributed by atoms with Gasteiger partial charge in [0.1, 0.15) is 0 Å². The second-order valence-corrected chi connectivity index (χ2v) is 3.71. The zero-order valence-corrected chi connectivity index (χ0v) is 10.3. The monoisotopic (exact) mass is 219 g/mol. The molecule has 0 aromatic heterocycles. The topological polar surface area (TPSA) is 0 Å². The van der Waals surface area contributed by atoms with Gasteiger partial charge in [0.15, 0.2) is 4.90 Å². The molecule has 1 rings (SSSR count). The summed E-state index contributed by atoms with van der Waals surface area (Å²) in [7, 11) is 0. The summed E-state index contributed by atoms with van der Waals surface area (Å²) < 4.78 is 0. The molecule has 0 aliphatic heterocycles. The summed E-state index contributed by atoms with van der Waals surface area (Å²) in [5, 5.41) is 0. The largest absolute Gasteiger partial charge is 0.153 e. The van der Waals surface area contributed by atoms with E-state index < -0.39 is 0 Å². The van der Waals surface area contributed by atoms with E-state index in [0.717, 1.165) is 12.0 Å². The van der Waals surface area contributed by atoms with E-state index in [-0.39, 0.29) is 0 Å². The molecule has 0 fully saturated rings. The Labute approximate surface area is 98.4 Å². The molecule has 0 atom stereocenters. The summed E-state index contributed by atoms with van der Waals surface area (Å²) in [5.41, 5.74) is 2.30. The average molecular weight is 219 g/mol.